The first-order chi connectivity index (χ1) is 8.92. The summed E-state index contributed by atoms with van der Waals surface area (Å²) < 4.78 is 5.43. The Bertz CT molecular complexity index is 386. The van der Waals surface area contributed by atoms with Crippen LogP contribution in [-0.4, -0.2) is 24.5 Å². The number of nitrogens with one attached hydrogen (secondary N) is 1. The highest BCUT2D eigenvalue weighted by Gasteiger charge is 2.21. The third-order valence-corrected chi connectivity index (χ3v) is 5.05. The zero-order chi connectivity index (χ0) is 12.2. The van der Waals surface area contributed by atoms with Crippen molar-refractivity contribution in [2.45, 2.75) is 48.4 Å². The van der Waals surface area contributed by atoms with Crippen LogP contribution in [0.3, 0.4) is 0 Å². The average molecular weight is 263 g/mol. The molecule has 0 bridgehead atoms. The van der Waals surface area contributed by atoms with Gasteiger partial charge in [0.05, 0.1) is 0 Å². The van der Waals surface area contributed by atoms with Crippen molar-refractivity contribution >= 4 is 11.8 Å². The quantitative estimate of drug-likeness (QED) is 0.881. The molecule has 0 atom stereocenters. The molecule has 0 radical (unpaired) electrons. The molecule has 2 nitrogen and oxygen atoms in total. The second kappa shape index (κ2) is 6.09. The van der Waals surface area contributed by atoms with Gasteiger partial charge in [-0.2, -0.15) is 0 Å². The summed E-state index contributed by atoms with van der Waals surface area (Å²) in [6.07, 6.45) is 5.09. The Labute approximate surface area is 113 Å². The van der Waals surface area contributed by atoms with Gasteiger partial charge in [-0.05, 0) is 37.3 Å². The van der Waals surface area contributed by atoms with Crippen molar-refractivity contribution in [1.82, 2.24) is 5.32 Å². The van der Waals surface area contributed by atoms with Gasteiger partial charge in [-0.3, -0.25) is 0 Å². The van der Waals surface area contributed by atoms with Crippen LogP contribution in [0.4, 0.5) is 0 Å². The maximum atomic E-state index is 5.43. The van der Waals surface area contributed by atoms with Crippen LogP contribution in [0.15, 0.2) is 29.2 Å². The molecule has 1 aliphatic carbocycles. The SMILES string of the molecule is c1ccc(SC2CCOCC2)c(CNC2CC2)c1. The first kappa shape index (κ1) is 12.5. The van der Waals surface area contributed by atoms with Crippen molar-refractivity contribution in [3.8, 4) is 0 Å². The number of ether oxygens (including phenoxy) is 1. The molecule has 1 saturated carbocycles. The minimum atomic E-state index is 0.737. The number of thioether (sulfide) groups is 1. The van der Waals surface area contributed by atoms with E-state index < -0.39 is 0 Å². The second-order valence-corrected chi connectivity index (χ2v) is 6.53. The highest BCUT2D eigenvalue weighted by atomic mass is 32.2. The van der Waals surface area contributed by atoms with Gasteiger partial charge in [0.25, 0.3) is 0 Å². The fraction of sp³-hybridized carbons (Fsp3) is 0.600. The number of hydrogen-bond donors (Lipinski definition) is 1. The zero-order valence-electron chi connectivity index (χ0n) is 10.7. The van der Waals surface area contributed by atoms with E-state index in [1.165, 1.54) is 36.1 Å². The molecular formula is C15H21NOS. The zero-order valence-corrected chi connectivity index (χ0v) is 11.5. The van der Waals surface area contributed by atoms with Crippen LogP contribution >= 0.6 is 11.8 Å². The molecule has 18 heavy (non-hydrogen) atoms. The maximum absolute atomic E-state index is 5.43. The fourth-order valence-corrected chi connectivity index (χ4v) is 3.52. The number of hydrogen-bond acceptors (Lipinski definition) is 3. The van der Waals surface area contributed by atoms with Crippen LogP contribution in [0, 0.1) is 0 Å². The Balaban J connectivity index is 1.61. The van der Waals surface area contributed by atoms with Crippen LogP contribution in [0.2, 0.25) is 0 Å². The summed E-state index contributed by atoms with van der Waals surface area (Å²) >= 11 is 2.04. The summed E-state index contributed by atoms with van der Waals surface area (Å²) in [7, 11) is 0. The molecule has 1 saturated heterocycles. The molecule has 1 aliphatic heterocycles. The Kier molecular flexibility index (Phi) is 4.24. The average Bonchev–Trinajstić information content (AvgIpc) is 3.23. The van der Waals surface area contributed by atoms with Crippen molar-refractivity contribution in [1.29, 1.82) is 0 Å². The Morgan fingerprint density at radius 3 is 2.67 bits per heavy atom. The van der Waals surface area contributed by atoms with Crippen molar-refractivity contribution < 1.29 is 4.74 Å². The van der Waals surface area contributed by atoms with Gasteiger partial charge in [-0.25, -0.2) is 0 Å². The lowest BCUT2D eigenvalue weighted by molar-refractivity contribution is 0.1000. The van der Waals surface area contributed by atoms with Gasteiger partial charge in [-0.15, -0.1) is 11.8 Å². The van der Waals surface area contributed by atoms with Crippen LogP contribution < -0.4 is 5.32 Å². The molecule has 1 N–H and O–H groups in total. The number of rotatable bonds is 5. The predicted octanol–water partition coefficient (Wildman–Crippen LogP) is 3.21. The molecular weight excluding hydrogens is 242 g/mol. The van der Waals surface area contributed by atoms with E-state index in [-0.39, 0.29) is 0 Å². The minimum Gasteiger partial charge on any atom is -0.381 e. The summed E-state index contributed by atoms with van der Waals surface area (Å²) in [5, 5.41) is 4.35. The lowest BCUT2D eigenvalue weighted by atomic mass is 10.2. The summed E-state index contributed by atoms with van der Waals surface area (Å²) in [6, 6.07) is 9.62. The van der Waals surface area contributed by atoms with E-state index in [9.17, 15) is 0 Å². The van der Waals surface area contributed by atoms with Crippen molar-refractivity contribution in [2.75, 3.05) is 13.2 Å². The van der Waals surface area contributed by atoms with Gasteiger partial charge in [0.15, 0.2) is 0 Å². The van der Waals surface area contributed by atoms with Crippen LogP contribution in [0.1, 0.15) is 31.2 Å². The normalized spacial score (nSPS) is 21.1. The van der Waals surface area contributed by atoms with E-state index in [1.54, 1.807) is 0 Å². The Morgan fingerprint density at radius 1 is 1.11 bits per heavy atom. The maximum Gasteiger partial charge on any atom is 0.0476 e. The third-order valence-electron chi connectivity index (χ3n) is 3.59. The van der Waals surface area contributed by atoms with E-state index in [2.05, 4.69) is 29.6 Å². The third kappa shape index (κ3) is 3.50. The van der Waals surface area contributed by atoms with Crippen molar-refractivity contribution in [3.63, 3.8) is 0 Å². The van der Waals surface area contributed by atoms with E-state index >= 15 is 0 Å². The summed E-state index contributed by atoms with van der Waals surface area (Å²) in [6.45, 7) is 2.89. The van der Waals surface area contributed by atoms with Gasteiger partial charge in [0.1, 0.15) is 0 Å². The first-order valence-electron chi connectivity index (χ1n) is 6.97. The summed E-state index contributed by atoms with van der Waals surface area (Å²) in [5.74, 6) is 0. The van der Waals surface area contributed by atoms with Gasteiger partial charge in [0, 0.05) is 35.9 Å². The number of benzene rings is 1. The van der Waals surface area contributed by atoms with Crippen molar-refractivity contribution in [3.05, 3.63) is 29.8 Å². The lowest BCUT2D eigenvalue weighted by Gasteiger charge is -2.22. The molecule has 0 unspecified atom stereocenters. The smallest absolute Gasteiger partial charge is 0.0476 e. The molecule has 0 spiro atoms. The highest BCUT2D eigenvalue weighted by molar-refractivity contribution is 8.00. The standard InChI is InChI=1S/C15H21NOS/c1-2-4-15(18-14-7-9-17-10-8-14)12(3-1)11-16-13-5-6-13/h1-4,13-14,16H,5-11H2. The van der Waals surface area contributed by atoms with Gasteiger partial charge in [0.2, 0.25) is 0 Å². The first-order valence-corrected chi connectivity index (χ1v) is 7.85. The summed E-state index contributed by atoms with van der Waals surface area (Å²) in [4.78, 5) is 1.46. The molecule has 1 aromatic carbocycles. The van der Waals surface area contributed by atoms with E-state index in [0.29, 0.717) is 0 Å². The highest BCUT2D eigenvalue weighted by Crippen LogP contribution is 2.32. The van der Waals surface area contributed by atoms with Gasteiger partial charge >= 0.3 is 0 Å². The topological polar surface area (TPSA) is 21.3 Å². The Hall–Kier alpha value is -0.510. The molecule has 0 amide bonds. The second-order valence-electron chi connectivity index (χ2n) is 5.19. The van der Waals surface area contributed by atoms with Crippen molar-refractivity contribution in [2.24, 2.45) is 0 Å². The van der Waals surface area contributed by atoms with Crippen LogP contribution in [-0.2, 0) is 11.3 Å². The molecule has 3 heteroatoms. The molecule has 98 valence electrons. The monoisotopic (exact) mass is 263 g/mol. The molecule has 3 rings (SSSR count). The minimum absolute atomic E-state index is 0.737. The predicted molar refractivity (Wildman–Crippen MR) is 76.0 cm³/mol. The molecule has 1 heterocycles. The Morgan fingerprint density at radius 2 is 1.89 bits per heavy atom. The molecule has 2 fully saturated rings. The molecule has 2 aliphatic rings. The summed E-state index contributed by atoms with van der Waals surface area (Å²) in [5.41, 5.74) is 1.46. The molecule has 1 aromatic rings. The van der Waals surface area contributed by atoms with Crippen LogP contribution in [0.25, 0.3) is 0 Å². The lowest BCUT2D eigenvalue weighted by Crippen LogP contribution is -2.18. The largest absolute Gasteiger partial charge is 0.381 e. The van der Waals surface area contributed by atoms with E-state index in [0.717, 1.165) is 31.1 Å². The van der Waals surface area contributed by atoms with Gasteiger partial charge in [-0.1, -0.05) is 18.2 Å². The van der Waals surface area contributed by atoms with Gasteiger partial charge < -0.3 is 10.1 Å². The fourth-order valence-electron chi connectivity index (χ4n) is 2.28. The van der Waals surface area contributed by atoms with E-state index in [1.807, 2.05) is 11.8 Å². The van der Waals surface area contributed by atoms with Crippen LogP contribution in [0.5, 0.6) is 0 Å². The van der Waals surface area contributed by atoms with E-state index in [4.69, 9.17) is 4.74 Å². The molecule has 0 aromatic heterocycles.